The third-order valence-electron chi connectivity index (χ3n) is 2.59. The van der Waals surface area contributed by atoms with Crippen molar-refractivity contribution in [3.63, 3.8) is 0 Å². The number of nitrogens with zero attached hydrogens (tertiary/aromatic N) is 2. The van der Waals surface area contributed by atoms with Crippen molar-refractivity contribution in [1.82, 2.24) is 4.90 Å². The molecular formula is C12H12BrN3O. The molecule has 2 amide bonds. The number of carbonyl (C=O) groups is 1. The third kappa shape index (κ3) is 2.10. The Hall–Kier alpha value is -1.62. The molecule has 1 aliphatic heterocycles. The summed E-state index contributed by atoms with van der Waals surface area (Å²) in [6, 6.07) is 7.03. The fourth-order valence-electron chi connectivity index (χ4n) is 1.85. The maximum atomic E-state index is 11.7. The van der Waals surface area contributed by atoms with Crippen LogP contribution in [-0.4, -0.2) is 23.3 Å². The van der Waals surface area contributed by atoms with Crippen molar-refractivity contribution >= 4 is 27.8 Å². The molecule has 0 aliphatic carbocycles. The van der Waals surface area contributed by atoms with Crippen LogP contribution in [-0.2, 0) is 0 Å². The average Bonchev–Trinajstić information content (AvgIpc) is 2.56. The predicted octanol–water partition coefficient (Wildman–Crippen LogP) is 2.47. The molecule has 1 atom stereocenters. The minimum atomic E-state index is -0.317. The normalized spacial score (nSPS) is 19.4. The Bertz CT molecular complexity index is 498. The van der Waals surface area contributed by atoms with Gasteiger partial charge < -0.3 is 10.6 Å². The summed E-state index contributed by atoms with van der Waals surface area (Å²) in [6.45, 7) is 4.06. The molecule has 88 valence electrons. The van der Waals surface area contributed by atoms with E-state index in [-0.39, 0.29) is 12.1 Å². The number of aliphatic imine (C=N–C) groups is 1. The Labute approximate surface area is 108 Å². The van der Waals surface area contributed by atoms with Crippen LogP contribution in [0.3, 0.4) is 0 Å². The van der Waals surface area contributed by atoms with Gasteiger partial charge >= 0.3 is 6.03 Å². The zero-order valence-electron chi connectivity index (χ0n) is 9.14. The molecular weight excluding hydrogens is 282 g/mol. The second-order valence-electron chi connectivity index (χ2n) is 3.68. The Morgan fingerprint density at radius 3 is 2.88 bits per heavy atom. The van der Waals surface area contributed by atoms with Gasteiger partial charge in [-0.05, 0) is 11.6 Å². The first-order valence-corrected chi connectivity index (χ1v) is 5.94. The van der Waals surface area contributed by atoms with E-state index in [0.29, 0.717) is 12.4 Å². The van der Waals surface area contributed by atoms with Gasteiger partial charge in [0.1, 0.15) is 11.9 Å². The maximum absolute atomic E-state index is 11.7. The van der Waals surface area contributed by atoms with E-state index in [9.17, 15) is 4.79 Å². The van der Waals surface area contributed by atoms with Gasteiger partial charge in [-0.2, -0.15) is 4.99 Å². The molecule has 1 aliphatic rings. The highest BCUT2D eigenvalue weighted by Crippen LogP contribution is 2.31. The van der Waals surface area contributed by atoms with Crippen LogP contribution < -0.4 is 5.73 Å². The Morgan fingerprint density at radius 2 is 2.24 bits per heavy atom. The van der Waals surface area contributed by atoms with Crippen molar-refractivity contribution in [2.75, 3.05) is 6.54 Å². The lowest BCUT2D eigenvalue weighted by molar-refractivity contribution is 0.212. The van der Waals surface area contributed by atoms with Crippen molar-refractivity contribution in [2.24, 2.45) is 10.7 Å². The molecule has 17 heavy (non-hydrogen) atoms. The summed E-state index contributed by atoms with van der Waals surface area (Å²) < 4.78 is 0.909. The number of hydrogen-bond acceptors (Lipinski definition) is 2. The number of carbonyl (C=O) groups excluding carboxylic acids is 1. The second-order valence-corrected chi connectivity index (χ2v) is 4.54. The molecule has 2 N–H and O–H groups in total. The molecule has 0 saturated heterocycles. The summed E-state index contributed by atoms with van der Waals surface area (Å²) in [5.41, 5.74) is 6.76. The topological polar surface area (TPSA) is 58.7 Å². The molecule has 0 bridgehead atoms. The van der Waals surface area contributed by atoms with Gasteiger partial charge in [-0.3, -0.25) is 0 Å². The van der Waals surface area contributed by atoms with E-state index >= 15 is 0 Å². The van der Waals surface area contributed by atoms with Gasteiger partial charge in [-0.15, -0.1) is 6.58 Å². The number of hydrogen-bond donors (Lipinski definition) is 1. The molecule has 0 radical (unpaired) electrons. The van der Waals surface area contributed by atoms with Crippen molar-refractivity contribution < 1.29 is 4.79 Å². The van der Waals surface area contributed by atoms with E-state index in [1.54, 1.807) is 11.0 Å². The van der Waals surface area contributed by atoms with E-state index in [0.717, 1.165) is 10.0 Å². The predicted molar refractivity (Wildman–Crippen MR) is 70.8 cm³/mol. The molecule has 1 aromatic carbocycles. The first kappa shape index (κ1) is 11.9. The van der Waals surface area contributed by atoms with Gasteiger partial charge in [0.25, 0.3) is 0 Å². The van der Waals surface area contributed by atoms with Crippen LogP contribution >= 0.6 is 15.9 Å². The number of amidine groups is 1. The highest BCUT2D eigenvalue weighted by atomic mass is 79.9. The first-order chi connectivity index (χ1) is 8.15. The Morgan fingerprint density at radius 1 is 1.53 bits per heavy atom. The lowest BCUT2D eigenvalue weighted by Crippen LogP contribution is -2.33. The molecule has 1 aromatic rings. The summed E-state index contributed by atoms with van der Waals surface area (Å²) >= 11 is 3.46. The molecule has 0 spiro atoms. The minimum Gasteiger partial charge on any atom is -0.385 e. The number of rotatable bonds is 3. The van der Waals surface area contributed by atoms with Gasteiger partial charge in [-0.1, -0.05) is 40.2 Å². The smallest absolute Gasteiger partial charge is 0.346 e. The fourth-order valence-corrected chi connectivity index (χ4v) is 2.35. The number of nitrogens with two attached hydrogens (primary N) is 1. The number of halogens is 1. The van der Waals surface area contributed by atoms with Crippen molar-refractivity contribution in [2.45, 2.75) is 6.04 Å². The lowest BCUT2D eigenvalue weighted by Gasteiger charge is -2.23. The molecule has 1 heterocycles. The zero-order valence-corrected chi connectivity index (χ0v) is 10.7. The number of urea groups is 1. The van der Waals surface area contributed by atoms with Crippen LogP contribution in [0.25, 0.3) is 0 Å². The quantitative estimate of drug-likeness (QED) is 0.871. The van der Waals surface area contributed by atoms with Crippen molar-refractivity contribution in [3.05, 3.63) is 47.0 Å². The van der Waals surface area contributed by atoms with Crippen LogP contribution in [0.2, 0.25) is 0 Å². The fraction of sp³-hybridized carbons (Fsp3) is 0.167. The van der Waals surface area contributed by atoms with Gasteiger partial charge in [0.05, 0.1) is 0 Å². The largest absolute Gasteiger partial charge is 0.385 e. The summed E-state index contributed by atoms with van der Waals surface area (Å²) in [4.78, 5) is 17.1. The van der Waals surface area contributed by atoms with Gasteiger partial charge in [0.2, 0.25) is 0 Å². The molecule has 0 aromatic heterocycles. The van der Waals surface area contributed by atoms with Crippen LogP contribution in [0.15, 0.2) is 46.4 Å². The first-order valence-electron chi connectivity index (χ1n) is 5.15. The molecule has 0 fully saturated rings. The van der Waals surface area contributed by atoms with Crippen LogP contribution in [0.5, 0.6) is 0 Å². The molecule has 4 nitrogen and oxygen atoms in total. The van der Waals surface area contributed by atoms with Crippen LogP contribution in [0.4, 0.5) is 4.79 Å². The second kappa shape index (κ2) is 4.71. The third-order valence-corrected chi connectivity index (χ3v) is 3.31. The van der Waals surface area contributed by atoms with E-state index in [1.165, 1.54) is 0 Å². The number of amides is 2. The summed E-state index contributed by atoms with van der Waals surface area (Å²) in [5, 5.41) is 0. The van der Waals surface area contributed by atoms with E-state index in [4.69, 9.17) is 5.73 Å². The molecule has 2 rings (SSSR count). The average molecular weight is 294 g/mol. The SMILES string of the molecule is C=CCN1C(=O)N=C(N)C1c1ccccc1Br. The van der Waals surface area contributed by atoms with E-state index in [1.807, 2.05) is 24.3 Å². The highest BCUT2D eigenvalue weighted by molar-refractivity contribution is 9.10. The maximum Gasteiger partial charge on any atom is 0.346 e. The standard InChI is InChI=1S/C12H12BrN3O/c1-2-7-16-10(11(14)15-12(16)17)8-5-3-4-6-9(8)13/h2-6,10H,1,7H2,(H2,14,15,17). The highest BCUT2D eigenvalue weighted by Gasteiger charge is 2.34. The van der Waals surface area contributed by atoms with Gasteiger partial charge in [-0.25, -0.2) is 4.79 Å². The van der Waals surface area contributed by atoms with E-state index in [2.05, 4.69) is 27.5 Å². The molecule has 0 saturated carbocycles. The Balaban J connectivity index is 2.42. The zero-order chi connectivity index (χ0) is 12.4. The summed E-state index contributed by atoms with van der Waals surface area (Å²) in [6.07, 6.45) is 1.66. The Kier molecular flexibility index (Phi) is 3.28. The minimum absolute atomic E-state index is 0.309. The van der Waals surface area contributed by atoms with E-state index < -0.39 is 0 Å². The number of benzene rings is 1. The van der Waals surface area contributed by atoms with Crippen LogP contribution in [0.1, 0.15) is 11.6 Å². The van der Waals surface area contributed by atoms with Crippen molar-refractivity contribution in [3.8, 4) is 0 Å². The van der Waals surface area contributed by atoms with Gasteiger partial charge in [0.15, 0.2) is 0 Å². The van der Waals surface area contributed by atoms with Crippen LogP contribution in [0, 0.1) is 0 Å². The lowest BCUT2D eigenvalue weighted by atomic mass is 10.1. The molecule has 1 unspecified atom stereocenters. The van der Waals surface area contributed by atoms with Gasteiger partial charge in [0, 0.05) is 11.0 Å². The summed E-state index contributed by atoms with van der Waals surface area (Å²) in [7, 11) is 0. The molecule has 5 heteroatoms. The monoisotopic (exact) mass is 293 g/mol. The van der Waals surface area contributed by atoms with Crippen molar-refractivity contribution in [1.29, 1.82) is 0 Å². The summed E-state index contributed by atoms with van der Waals surface area (Å²) in [5.74, 6) is 0.323.